The van der Waals surface area contributed by atoms with E-state index in [2.05, 4.69) is 20.4 Å². The van der Waals surface area contributed by atoms with Crippen molar-refractivity contribution in [1.29, 1.82) is 0 Å². The SMILES string of the molecule is C=CO[Si](OC)(C(C)C)C1CCCCCC1. The van der Waals surface area contributed by atoms with Gasteiger partial charge in [0.25, 0.3) is 0 Å². The molecular formula is C13H26O2Si. The van der Waals surface area contributed by atoms with Crippen molar-refractivity contribution in [3.05, 3.63) is 12.8 Å². The fourth-order valence-corrected chi connectivity index (χ4v) is 6.75. The zero-order valence-corrected chi connectivity index (χ0v) is 12.0. The van der Waals surface area contributed by atoms with Crippen molar-refractivity contribution in [3.63, 3.8) is 0 Å². The molecule has 0 radical (unpaired) electrons. The summed E-state index contributed by atoms with van der Waals surface area (Å²) in [6.45, 7) is 8.18. The fourth-order valence-electron chi connectivity index (χ4n) is 2.97. The molecule has 1 fully saturated rings. The molecule has 0 aromatic heterocycles. The van der Waals surface area contributed by atoms with E-state index in [1.807, 2.05) is 7.11 Å². The average molecular weight is 242 g/mol. The van der Waals surface area contributed by atoms with Crippen LogP contribution in [-0.2, 0) is 8.85 Å². The molecule has 0 amide bonds. The minimum absolute atomic E-state index is 0.485. The van der Waals surface area contributed by atoms with Gasteiger partial charge in [-0.05, 0) is 12.8 Å². The minimum Gasteiger partial charge on any atom is -0.527 e. The van der Waals surface area contributed by atoms with Crippen LogP contribution in [0.5, 0.6) is 0 Å². The fraction of sp³-hybridized carbons (Fsp3) is 0.846. The summed E-state index contributed by atoms with van der Waals surface area (Å²) in [5.74, 6) is 0. The highest BCUT2D eigenvalue weighted by molar-refractivity contribution is 6.70. The van der Waals surface area contributed by atoms with E-state index in [1.165, 1.54) is 38.5 Å². The van der Waals surface area contributed by atoms with Crippen LogP contribution in [0.2, 0.25) is 11.1 Å². The van der Waals surface area contributed by atoms with Gasteiger partial charge in [0.2, 0.25) is 0 Å². The molecule has 0 aromatic rings. The van der Waals surface area contributed by atoms with Gasteiger partial charge in [-0.25, -0.2) is 0 Å². The number of rotatable bonds is 5. The van der Waals surface area contributed by atoms with Crippen molar-refractivity contribution in [3.8, 4) is 0 Å². The first-order valence-electron chi connectivity index (χ1n) is 6.51. The van der Waals surface area contributed by atoms with Crippen LogP contribution in [0.15, 0.2) is 12.8 Å². The van der Waals surface area contributed by atoms with E-state index in [-0.39, 0.29) is 0 Å². The van der Waals surface area contributed by atoms with Crippen LogP contribution in [0.3, 0.4) is 0 Å². The normalized spacial score (nSPS) is 22.5. The van der Waals surface area contributed by atoms with E-state index < -0.39 is 8.56 Å². The lowest BCUT2D eigenvalue weighted by Gasteiger charge is -2.37. The van der Waals surface area contributed by atoms with Crippen molar-refractivity contribution >= 4 is 8.56 Å². The van der Waals surface area contributed by atoms with Gasteiger partial charge in [0.15, 0.2) is 0 Å². The number of hydrogen-bond donors (Lipinski definition) is 0. The molecule has 0 spiro atoms. The first-order chi connectivity index (χ1) is 7.67. The van der Waals surface area contributed by atoms with Crippen molar-refractivity contribution in [2.45, 2.75) is 63.5 Å². The zero-order chi connectivity index (χ0) is 12.0. The van der Waals surface area contributed by atoms with E-state index in [9.17, 15) is 0 Å². The Kier molecular flexibility index (Phi) is 5.56. The molecule has 16 heavy (non-hydrogen) atoms. The van der Waals surface area contributed by atoms with Gasteiger partial charge in [-0.1, -0.05) is 46.1 Å². The second-order valence-corrected chi connectivity index (χ2v) is 9.11. The molecule has 1 aliphatic carbocycles. The second-order valence-electron chi connectivity index (χ2n) is 5.05. The Labute approximate surface area is 101 Å². The van der Waals surface area contributed by atoms with Crippen LogP contribution in [0.4, 0.5) is 0 Å². The molecule has 94 valence electrons. The largest absolute Gasteiger partial charge is 0.527 e. The first-order valence-corrected chi connectivity index (χ1v) is 8.48. The van der Waals surface area contributed by atoms with Gasteiger partial charge in [-0.15, -0.1) is 0 Å². The lowest BCUT2D eigenvalue weighted by Crippen LogP contribution is -2.47. The van der Waals surface area contributed by atoms with Crippen molar-refractivity contribution < 1.29 is 8.85 Å². The van der Waals surface area contributed by atoms with Gasteiger partial charge in [0.05, 0.1) is 6.26 Å². The quantitative estimate of drug-likeness (QED) is 0.405. The first kappa shape index (κ1) is 13.8. The Bertz CT molecular complexity index is 210. The topological polar surface area (TPSA) is 18.5 Å². The predicted octanol–water partition coefficient (Wildman–Crippen LogP) is 4.37. The third-order valence-corrected chi connectivity index (χ3v) is 8.31. The third-order valence-electron chi connectivity index (χ3n) is 3.82. The summed E-state index contributed by atoms with van der Waals surface area (Å²) in [6.07, 6.45) is 9.54. The maximum Gasteiger partial charge on any atom is 0.404 e. The second kappa shape index (κ2) is 6.45. The highest BCUT2D eigenvalue weighted by Gasteiger charge is 2.49. The van der Waals surface area contributed by atoms with E-state index in [0.717, 1.165) is 0 Å². The summed E-state index contributed by atoms with van der Waals surface area (Å²) >= 11 is 0. The van der Waals surface area contributed by atoms with Crippen molar-refractivity contribution in [2.24, 2.45) is 0 Å². The Morgan fingerprint density at radius 1 is 1.19 bits per heavy atom. The molecule has 0 aliphatic heterocycles. The summed E-state index contributed by atoms with van der Waals surface area (Å²) in [7, 11) is -0.276. The van der Waals surface area contributed by atoms with E-state index in [4.69, 9.17) is 8.85 Å². The van der Waals surface area contributed by atoms with Gasteiger partial charge in [0, 0.05) is 18.2 Å². The summed E-state index contributed by atoms with van der Waals surface area (Å²) in [4.78, 5) is 0. The van der Waals surface area contributed by atoms with E-state index in [0.29, 0.717) is 11.1 Å². The lowest BCUT2D eigenvalue weighted by molar-refractivity contribution is 0.239. The maximum absolute atomic E-state index is 5.92. The third kappa shape index (κ3) is 2.89. The van der Waals surface area contributed by atoms with Gasteiger partial charge in [0.1, 0.15) is 0 Å². The summed E-state index contributed by atoms with van der Waals surface area (Å²) in [6, 6.07) is 0. The Hall–Kier alpha value is -0.283. The van der Waals surface area contributed by atoms with Gasteiger partial charge in [-0.3, -0.25) is 0 Å². The molecule has 0 N–H and O–H groups in total. The van der Waals surface area contributed by atoms with Crippen LogP contribution in [0.1, 0.15) is 52.4 Å². The Morgan fingerprint density at radius 3 is 2.12 bits per heavy atom. The molecule has 2 nitrogen and oxygen atoms in total. The molecule has 1 rings (SSSR count). The van der Waals surface area contributed by atoms with Crippen LogP contribution < -0.4 is 0 Å². The van der Waals surface area contributed by atoms with Gasteiger partial charge >= 0.3 is 8.56 Å². The van der Waals surface area contributed by atoms with Gasteiger partial charge in [-0.2, -0.15) is 0 Å². The molecule has 1 saturated carbocycles. The molecule has 1 aliphatic rings. The Morgan fingerprint density at radius 2 is 1.75 bits per heavy atom. The van der Waals surface area contributed by atoms with Crippen LogP contribution >= 0.6 is 0 Å². The minimum atomic E-state index is -2.10. The average Bonchev–Trinajstić information content (AvgIpc) is 2.54. The number of hydrogen-bond acceptors (Lipinski definition) is 2. The predicted molar refractivity (Wildman–Crippen MR) is 70.6 cm³/mol. The highest BCUT2D eigenvalue weighted by atomic mass is 28.4. The molecular weight excluding hydrogens is 216 g/mol. The monoisotopic (exact) mass is 242 g/mol. The highest BCUT2D eigenvalue weighted by Crippen LogP contribution is 2.42. The zero-order valence-electron chi connectivity index (χ0n) is 11.0. The molecule has 3 heteroatoms. The molecule has 1 atom stereocenters. The lowest BCUT2D eigenvalue weighted by atomic mass is 10.2. The van der Waals surface area contributed by atoms with Crippen molar-refractivity contribution in [1.82, 2.24) is 0 Å². The van der Waals surface area contributed by atoms with Crippen LogP contribution in [-0.4, -0.2) is 15.7 Å². The molecule has 0 saturated heterocycles. The van der Waals surface area contributed by atoms with Crippen molar-refractivity contribution in [2.75, 3.05) is 7.11 Å². The maximum atomic E-state index is 5.92. The Balaban J connectivity index is 2.83. The summed E-state index contributed by atoms with van der Waals surface area (Å²) < 4.78 is 11.8. The van der Waals surface area contributed by atoms with Crippen LogP contribution in [0.25, 0.3) is 0 Å². The van der Waals surface area contributed by atoms with E-state index in [1.54, 1.807) is 6.26 Å². The van der Waals surface area contributed by atoms with E-state index >= 15 is 0 Å². The smallest absolute Gasteiger partial charge is 0.404 e. The summed E-state index contributed by atoms with van der Waals surface area (Å²) in [5.41, 5.74) is 1.12. The molecule has 0 aromatic carbocycles. The molecule has 0 heterocycles. The standard InChI is InChI=1S/C13H26O2Si/c1-5-15-16(14-4,12(2)3)13-10-8-6-7-9-11-13/h5,12-13H,1,6-11H2,2-4H3. The molecule has 1 unspecified atom stereocenters. The molecule has 0 bridgehead atoms. The van der Waals surface area contributed by atoms with Gasteiger partial charge < -0.3 is 8.85 Å². The summed E-state index contributed by atoms with van der Waals surface area (Å²) in [5, 5.41) is 0. The van der Waals surface area contributed by atoms with Crippen LogP contribution in [0, 0.1) is 0 Å².